The molecule has 0 radical (unpaired) electrons. The summed E-state index contributed by atoms with van der Waals surface area (Å²) < 4.78 is 118. The van der Waals surface area contributed by atoms with E-state index in [1.807, 2.05) is 113 Å². The number of aromatic nitrogens is 4. The van der Waals surface area contributed by atoms with Gasteiger partial charge in [0.05, 0.1) is 11.4 Å². The molecule has 2 aromatic carbocycles. The Kier molecular flexibility index (Phi) is 15.7. The molecule has 0 unspecified atom stereocenters. The summed E-state index contributed by atoms with van der Waals surface area (Å²) in [4.78, 5) is 17.0. The van der Waals surface area contributed by atoms with Crippen LogP contribution in [0.4, 0.5) is 50.4 Å². The predicted octanol–water partition coefficient (Wildman–Crippen LogP) is 15.6. The largest absolute Gasteiger partial charge is 2.00 e. The first-order chi connectivity index (χ1) is 24.4. The Labute approximate surface area is 323 Å². The van der Waals surface area contributed by atoms with Crippen LogP contribution in [0.2, 0.25) is 0 Å². The molecule has 4 aromatic heterocycles. The van der Waals surface area contributed by atoms with Crippen molar-refractivity contribution in [2.24, 2.45) is 0 Å². The van der Waals surface area contributed by atoms with Crippen molar-refractivity contribution in [3.05, 3.63) is 156 Å². The van der Waals surface area contributed by atoms with E-state index in [4.69, 9.17) is 0 Å². The summed E-state index contributed by atoms with van der Waals surface area (Å²) in [5.74, 6) is 0. The molecule has 6 rings (SSSR count). The van der Waals surface area contributed by atoms with Crippen LogP contribution in [0.15, 0.2) is 134 Å². The van der Waals surface area contributed by atoms with Gasteiger partial charge in [0, 0.05) is 37.2 Å². The van der Waals surface area contributed by atoms with E-state index in [-0.39, 0.29) is 21.1 Å². The zero-order chi connectivity index (χ0) is 41.0. The number of benzene rings is 2. The first-order valence-corrected chi connectivity index (χ1v) is 19.4. The number of halogens is 12. The Morgan fingerprint density at radius 3 is 0.836 bits per heavy atom. The minimum absolute atomic E-state index is 0. The summed E-state index contributed by atoms with van der Waals surface area (Å²) in [7, 11) is -21.3. The van der Waals surface area contributed by atoms with Gasteiger partial charge in [0.1, 0.15) is 0 Å². The molecule has 4 nitrogen and oxygen atoms in total. The van der Waals surface area contributed by atoms with Gasteiger partial charge in [0.15, 0.2) is 0 Å². The van der Waals surface area contributed by atoms with Crippen molar-refractivity contribution in [2.45, 2.75) is 27.7 Å². The third kappa shape index (κ3) is 27.9. The van der Waals surface area contributed by atoms with Gasteiger partial charge in [-0.05, 0) is 96.5 Å². The van der Waals surface area contributed by atoms with Gasteiger partial charge in [0.2, 0.25) is 0 Å². The summed E-state index contributed by atoms with van der Waals surface area (Å²) in [6.07, 6.45) is 11.1. The second-order valence-electron chi connectivity index (χ2n) is 11.6. The SMILES string of the molecule is Cc1cncc(C)c1.Cc1cncc(C)c1.F[P-](F)(F)(F)(F)F.F[P-](F)(F)(F)(F)F.[Pt+2].c1ccc(-c2ccnc(-c3cc(-c4ccccc4)ccn3)c2)cc1. The van der Waals surface area contributed by atoms with E-state index in [0.717, 1.165) is 22.5 Å². The average molecular weight is 1010 g/mol. The van der Waals surface area contributed by atoms with Gasteiger partial charge in [-0.15, -0.1) is 0 Å². The molecule has 55 heavy (non-hydrogen) atoms. The molecule has 0 fully saturated rings. The maximum absolute atomic E-state index is 10.7. The van der Waals surface area contributed by atoms with Crippen LogP contribution in [0.1, 0.15) is 22.3 Å². The Morgan fingerprint density at radius 1 is 0.364 bits per heavy atom. The molecule has 0 aliphatic rings. The van der Waals surface area contributed by atoms with Gasteiger partial charge >= 0.3 is 87.0 Å². The Morgan fingerprint density at radius 2 is 0.618 bits per heavy atom. The van der Waals surface area contributed by atoms with Gasteiger partial charge in [-0.25, -0.2) is 0 Å². The molecule has 4 heterocycles. The van der Waals surface area contributed by atoms with Crippen molar-refractivity contribution < 1.29 is 71.4 Å². The van der Waals surface area contributed by atoms with Crippen LogP contribution in [-0.4, -0.2) is 19.9 Å². The molecule has 302 valence electrons. The molecule has 0 amide bonds. The van der Waals surface area contributed by atoms with Crippen molar-refractivity contribution in [3.8, 4) is 33.6 Å². The zero-order valence-corrected chi connectivity index (χ0v) is 33.3. The van der Waals surface area contributed by atoms with E-state index >= 15 is 0 Å². The predicted molar refractivity (Wildman–Crippen MR) is 193 cm³/mol. The monoisotopic (exact) mass is 1010 g/mol. The van der Waals surface area contributed by atoms with Gasteiger partial charge in [-0.1, -0.05) is 72.8 Å². The molecule has 0 N–H and O–H groups in total. The molecule has 0 aliphatic heterocycles. The van der Waals surface area contributed by atoms with Crippen molar-refractivity contribution in [2.75, 3.05) is 0 Å². The number of rotatable bonds is 3. The van der Waals surface area contributed by atoms with Crippen LogP contribution in [0.5, 0.6) is 0 Å². The maximum Gasteiger partial charge on any atom is 2.00 e. The third-order valence-electron chi connectivity index (χ3n) is 6.02. The number of aryl methyl sites for hydroxylation is 4. The zero-order valence-electron chi connectivity index (χ0n) is 29.2. The normalized spacial score (nSPS) is 13.2. The van der Waals surface area contributed by atoms with Crippen LogP contribution >= 0.6 is 15.6 Å². The maximum atomic E-state index is 9.87. The number of hydrogen-bond acceptors (Lipinski definition) is 4. The Balaban J connectivity index is 0.000000402. The molecule has 0 spiro atoms. The summed E-state index contributed by atoms with van der Waals surface area (Å²) >= 11 is 0. The summed E-state index contributed by atoms with van der Waals surface area (Å²) in [6.45, 7) is 8.17. The Hall–Kier alpha value is -4.25. The number of nitrogens with zero attached hydrogens (tertiary/aromatic N) is 4. The second kappa shape index (κ2) is 17.7. The molecule has 0 saturated carbocycles. The first kappa shape index (κ1) is 48.8. The minimum Gasteiger partial charge on any atom is -0.255 e. The van der Waals surface area contributed by atoms with Crippen LogP contribution in [0.3, 0.4) is 0 Å². The molecular weight excluding hydrogens is 973 g/mol. The molecule has 19 heteroatoms. The number of hydrogen-bond donors (Lipinski definition) is 0. The van der Waals surface area contributed by atoms with Crippen molar-refractivity contribution in [1.82, 2.24) is 19.9 Å². The molecule has 0 saturated heterocycles. The second-order valence-corrected chi connectivity index (χ2v) is 15.4. The fourth-order valence-corrected chi connectivity index (χ4v) is 4.17. The van der Waals surface area contributed by atoms with E-state index in [1.54, 1.807) is 0 Å². The number of pyridine rings is 4. The topological polar surface area (TPSA) is 51.6 Å². The fourth-order valence-electron chi connectivity index (χ4n) is 4.17. The van der Waals surface area contributed by atoms with Crippen molar-refractivity contribution >= 4 is 15.6 Å². The van der Waals surface area contributed by atoms with Crippen molar-refractivity contribution in [3.63, 3.8) is 0 Å². The van der Waals surface area contributed by atoms with E-state index in [0.29, 0.717) is 0 Å². The van der Waals surface area contributed by atoms with Crippen molar-refractivity contribution in [1.29, 1.82) is 0 Å². The average Bonchev–Trinajstić information content (AvgIpc) is 3.03. The molecule has 6 aromatic rings. The Bertz CT molecular complexity index is 1900. The van der Waals surface area contributed by atoms with E-state index in [9.17, 15) is 50.4 Å². The smallest absolute Gasteiger partial charge is 0.255 e. The molecule has 0 atom stereocenters. The summed E-state index contributed by atoms with van der Waals surface area (Å²) in [6, 6.07) is 33.1. The van der Waals surface area contributed by atoms with Crippen LogP contribution < -0.4 is 0 Å². The fraction of sp³-hybridized carbons (Fsp3) is 0.111. The molecule has 0 aliphatic carbocycles. The molecular formula is C36H34F12N4P2Pt. The summed E-state index contributed by atoms with van der Waals surface area (Å²) in [5, 5.41) is 0. The van der Waals surface area contributed by atoms with Gasteiger partial charge in [-0.2, -0.15) is 0 Å². The van der Waals surface area contributed by atoms with E-state index in [1.165, 1.54) is 33.4 Å². The van der Waals surface area contributed by atoms with Gasteiger partial charge in [0.25, 0.3) is 0 Å². The van der Waals surface area contributed by atoms with Crippen LogP contribution in [-0.2, 0) is 21.1 Å². The molecule has 0 bridgehead atoms. The van der Waals surface area contributed by atoms with Gasteiger partial charge < -0.3 is 0 Å². The van der Waals surface area contributed by atoms with Crippen LogP contribution in [0, 0.1) is 27.7 Å². The van der Waals surface area contributed by atoms with Gasteiger partial charge in [-0.3, -0.25) is 19.9 Å². The van der Waals surface area contributed by atoms with E-state index < -0.39 is 15.6 Å². The van der Waals surface area contributed by atoms with Crippen LogP contribution in [0.25, 0.3) is 33.6 Å². The standard InChI is InChI=1S/C22H16N2.2C7H9N.2F6P.Pt/c1-3-7-17(8-4-1)19-11-13-23-21(15-19)22-16-20(12-14-24-22)18-9-5-2-6-10-18;2*1-6-3-7(2)5-8-4-6;2*1-7(2,3,4,5)6;/h1-16H;2*3-5H,1-2H3;;;/q;;;2*-1;+2. The summed E-state index contributed by atoms with van der Waals surface area (Å²) in [5.41, 5.74) is 11.3. The first-order valence-electron chi connectivity index (χ1n) is 15.3. The minimum atomic E-state index is -10.7. The third-order valence-corrected chi connectivity index (χ3v) is 6.02. The van der Waals surface area contributed by atoms with E-state index in [2.05, 4.69) is 68.5 Å². The quantitative estimate of drug-likeness (QED) is 0.131.